The molecule has 2 aromatic carbocycles. The number of aromatic nitrogens is 1. The van der Waals surface area contributed by atoms with Gasteiger partial charge in [0.2, 0.25) is 5.69 Å². The molecule has 0 aliphatic carbocycles. The van der Waals surface area contributed by atoms with E-state index in [1.165, 1.54) is 5.56 Å². The fourth-order valence-corrected chi connectivity index (χ4v) is 3.16. The second-order valence-electron chi connectivity index (χ2n) is 5.91. The number of para-hydroxylation sites is 1. The van der Waals surface area contributed by atoms with Crippen LogP contribution >= 0.6 is 0 Å². The van der Waals surface area contributed by atoms with Crippen LogP contribution in [0.5, 0.6) is 0 Å². The fraction of sp³-hybridized carbons (Fsp3) is 0.0952. The summed E-state index contributed by atoms with van der Waals surface area (Å²) in [6.07, 6.45) is 3.98. The molecule has 0 saturated heterocycles. The summed E-state index contributed by atoms with van der Waals surface area (Å²) >= 11 is 0. The van der Waals surface area contributed by atoms with E-state index < -0.39 is 0 Å². The quantitative estimate of drug-likeness (QED) is 0.475. The number of fused-ring (bicyclic) bond motifs is 3. The first-order valence-electron chi connectivity index (χ1n) is 7.72. The maximum absolute atomic E-state index is 6.21. The van der Waals surface area contributed by atoms with Crippen molar-refractivity contribution >= 4 is 28.0 Å². The maximum Gasteiger partial charge on any atom is 0.216 e. The second-order valence-corrected chi connectivity index (χ2v) is 5.91. The first-order chi connectivity index (χ1) is 11.2. The Morgan fingerprint density at radius 1 is 1.04 bits per heavy atom. The molecule has 2 heterocycles. The molecule has 0 N–H and O–H groups in total. The van der Waals surface area contributed by atoms with Crippen LogP contribution in [0.3, 0.4) is 0 Å². The predicted octanol–water partition coefficient (Wildman–Crippen LogP) is 5.03. The molecule has 4 aromatic rings. The van der Waals surface area contributed by atoms with Crippen LogP contribution in [0.1, 0.15) is 11.1 Å². The van der Waals surface area contributed by atoms with Crippen molar-refractivity contribution in [3.63, 3.8) is 0 Å². The highest BCUT2D eigenvalue weighted by Gasteiger charge is 2.20. The van der Waals surface area contributed by atoms with E-state index in [-0.39, 0.29) is 0 Å². The van der Waals surface area contributed by atoms with E-state index in [1.807, 2.05) is 24.3 Å². The topological polar surface area (TPSA) is 17.0 Å². The molecule has 2 aromatic heterocycles. The van der Waals surface area contributed by atoms with Crippen molar-refractivity contribution in [1.82, 2.24) is 0 Å². The van der Waals surface area contributed by atoms with Crippen LogP contribution in [0.2, 0.25) is 0 Å². The normalized spacial score (nSPS) is 11.2. The third-order valence-electron chi connectivity index (χ3n) is 4.36. The third-order valence-corrected chi connectivity index (χ3v) is 4.36. The molecule has 0 spiro atoms. The highest BCUT2D eigenvalue weighted by molar-refractivity contribution is 6.10. The second kappa shape index (κ2) is 5.10. The van der Waals surface area contributed by atoms with Gasteiger partial charge in [0.1, 0.15) is 18.2 Å². The van der Waals surface area contributed by atoms with E-state index in [0.29, 0.717) is 0 Å². The van der Waals surface area contributed by atoms with Gasteiger partial charge in [-0.15, -0.1) is 0 Å². The molecule has 0 radical (unpaired) electrons. The van der Waals surface area contributed by atoms with Crippen molar-refractivity contribution in [2.75, 3.05) is 0 Å². The smallest absolute Gasteiger partial charge is 0.216 e. The Labute approximate surface area is 135 Å². The van der Waals surface area contributed by atoms with Crippen LogP contribution < -0.4 is 4.57 Å². The number of pyridine rings is 1. The first-order valence-corrected chi connectivity index (χ1v) is 7.72. The summed E-state index contributed by atoms with van der Waals surface area (Å²) in [6.45, 7) is 6.09. The van der Waals surface area contributed by atoms with E-state index in [0.717, 1.165) is 38.8 Å². The standard InChI is InChI=1S/C21H18NO/c1-4-15-9-10-17-16-7-5-6-8-19(16)23-21(17)20(15)18-13-14(2)11-12-22(18)3/h4-13H,1H2,2-3H3/q+1. The summed E-state index contributed by atoms with van der Waals surface area (Å²) in [7, 11) is 2.06. The molecule has 112 valence electrons. The lowest BCUT2D eigenvalue weighted by Crippen LogP contribution is -2.30. The van der Waals surface area contributed by atoms with Crippen LogP contribution in [0, 0.1) is 6.92 Å². The van der Waals surface area contributed by atoms with Gasteiger partial charge in [-0.05, 0) is 30.2 Å². The number of aryl methyl sites for hydroxylation is 2. The van der Waals surface area contributed by atoms with Gasteiger partial charge in [-0.2, -0.15) is 0 Å². The van der Waals surface area contributed by atoms with E-state index in [4.69, 9.17) is 4.42 Å². The van der Waals surface area contributed by atoms with Gasteiger partial charge in [0.05, 0.1) is 5.56 Å². The zero-order chi connectivity index (χ0) is 16.0. The first kappa shape index (κ1) is 13.8. The Hall–Kier alpha value is -2.87. The number of benzene rings is 2. The van der Waals surface area contributed by atoms with Crippen LogP contribution in [0.15, 0.2) is 65.7 Å². The number of furan rings is 1. The minimum absolute atomic E-state index is 0.917. The van der Waals surface area contributed by atoms with Crippen molar-refractivity contribution in [3.05, 3.63) is 72.4 Å². The van der Waals surface area contributed by atoms with Gasteiger partial charge < -0.3 is 4.42 Å². The monoisotopic (exact) mass is 300 g/mol. The Kier molecular flexibility index (Phi) is 3.05. The molecule has 2 nitrogen and oxygen atoms in total. The van der Waals surface area contributed by atoms with Gasteiger partial charge in [0.25, 0.3) is 0 Å². The molecule has 23 heavy (non-hydrogen) atoms. The number of nitrogens with zero attached hydrogens (tertiary/aromatic N) is 1. The third kappa shape index (κ3) is 2.07. The molecule has 4 rings (SSSR count). The minimum atomic E-state index is 0.917. The average molecular weight is 300 g/mol. The van der Waals surface area contributed by atoms with Crippen LogP contribution in [0.25, 0.3) is 39.3 Å². The van der Waals surface area contributed by atoms with Gasteiger partial charge in [-0.1, -0.05) is 36.9 Å². The van der Waals surface area contributed by atoms with Crippen LogP contribution in [0.4, 0.5) is 0 Å². The summed E-state index contributed by atoms with van der Waals surface area (Å²) in [5, 5.41) is 2.29. The number of hydrogen-bond donors (Lipinski definition) is 0. The molecule has 0 amide bonds. The van der Waals surface area contributed by atoms with Crippen molar-refractivity contribution in [2.24, 2.45) is 7.05 Å². The van der Waals surface area contributed by atoms with Crippen LogP contribution in [-0.2, 0) is 7.05 Å². The lowest BCUT2D eigenvalue weighted by atomic mass is 9.99. The summed E-state index contributed by atoms with van der Waals surface area (Å²) in [5.41, 5.74) is 6.37. The Morgan fingerprint density at radius 3 is 2.70 bits per heavy atom. The van der Waals surface area contributed by atoms with Gasteiger partial charge in [-0.25, -0.2) is 4.57 Å². The summed E-state index contributed by atoms with van der Waals surface area (Å²) in [4.78, 5) is 0. The highest BCUT2D eigenvalue weighted by Crippen LogP contribution is 2.37. The molecule has 0 fully saturated rings. The zero-order valence-electron chi connectivity index (χ0n) is 13.3. The largest absolute Gasteiger partial charge is 0.455 e. The molecule has 0 aliphatic heterocycles. The average Bonchev–Trinajstić information content (AvgIpc) is 2.95. The molecule has 2 heteroatoms. The molecule has 0 bridgehead atoms. The minimum Gasteiger partial charge on any atom is -0.455 e. The van der Waals surface area contributed by atoms with E-state index in [1.54, 1.807) is 0 Å². The van der Waals surface area contributed by atoms with Crippen molar-refractivity contribution < 1.29 is 8.98 Å². The molecule has 0 atom stereocenters. The lowest BCUT2D eigenvalue weighted by Gasteiger charge is -2.06. The Balaban J connectivity index is 2.19. The molecule has 0 saturated carbocycles. The Bertz CT molecular complexity index is 1060. The highest BCUT2D eigenvalue weighted by atomic mass is 16.3. The summed E-state index contributed by atoms with van der Waals surface area (Å²) < 4.78 is 8.34. The number of rotatable bonds is 2. The van der Waals surface area contributed by atoms with Crippen LogP contribution in [-0.4, -0.2) is 0 Å². The maximum atomic E-state index is 6.21. The summed E-state index contributed by atoms with van der Waals surface area (Å²) in [5.74, 6) is 0. The van der Waals surface area contributed by atoms with Gasteiger partial charge >= 0.3 is 0 Å². The number of hydrogen-bond acceptors (Lipinski definition) is 1. The zero-order valence-corrected chi connectivity index (χ0v) is 13.3. The lowest BCUT2D eigenvalue weighted by molar-refractivity contribution is -0.660. The van der Waals surface area contributed by atoms with Gasteiger partial charge in [0.15, 0.2) is 6.20 Å². The molecular weight excluding hydrogens is 282 g/mol. The predicted molar refractivity (Wildman–Crippen MR) is 95.2 cm³/mol. The van der Waals surface area contributed by atoms with Crippen molar-refractivity contribution in [2.45, 2.75) is 6.92 Å². The van der Waals surface area contributed by atoms with Crippen molar-refractivity contribution in [3.8, 4) is 11.3 Å². The van der Waals surface area contributed by atoms with E-state index >= 15 is 0 Å². The van der Waals surface area contributed by atoms with Gasteiger partial charge in [-0.3, -0.25) is 0 Å². The Morgan fingerprint density at radius 2 is 1.87 bits per heavy atom. The van der Waals surface area contributed by atoms with Crippen molar-refractivity contribution in [1.29, 1.82) is 0 Å². The summed E-state index contributed by atoms with van der Waals surface area (Å²) in [6, 6.07) is 16.7. The fourth-order valence-electron chi connectivity index (χ4n) is 3.16. The molecular formula is C21H18NO+. The van der Waals surface area contributed by atoms with Gasteiger partial charge in [0, 0.05) is 22.9 Å². The molecule has 0 unspecified atom stereocenters. The van der Waals surface area contributed by atoms with E-state index in [9.17, 15) is 0 Å². The molecule has 0 aliphatic rings. The SMILES string of the molecule is C=Cc1ccc2c(oc3ccccc32)c1-c1cc(C)cc[n+]1C. The van der Waals surface area contributed by atoms with E-state index in [2.05, 4.69) is 61.6 Å².